The number of aromatic nitrogens is 5. The molecule has 0 atom stereocenters. The highest BCUT2D eigenvalue weighted by Crippen LogP contribution is 2.25. The number of fused-ring (bicyclic) bond motifs is 1. The fourth-order valence-corrected chi connectivity index (χ4v) is 4.30. The van der Waals surface area contributed by atoms with Gasteiger partial charge in [0.1, 0.15) is 11.6 Å². The lowest BCUT2D eigenvalue weighted by atomic mass is 10.1. The van der Waals surface area contributed by atoms with Crippen molar-refractivity contribution in [1.29, 1.82) is 0 Å². The molecule has 8 nitrogen and oxygen atoms in total. The maximum atomic E-state index is 5.25. The second-order valence-corrected chi connectivity index (χ2v) is 8.70. The molecule has 8 heteroatoms. The molecule has 0 spiro atoms. The van der Waals surface area contributed by atoms with E-state index in [2.05, 4.69) is 40.4 Å². The second-order valence-electron chi connectivity index (χ2n) is 8.70. The highest BCUT2D eigenvalue weighted by molar-refractivity contribution is 5.83. The van der Waals surface area contributed by atoms with Crippen LogP contribution >= 0.6 is 0 Å². The molecule has 0 unspecified atom stereocenters. The third-order valence-electron chi connectivity index (χ3n) is 6.26. The average Bonchev–Trinajstić information content (AvgIpc) is 3.15. The van der Waals surface area contributed by atoms with Crippen LogP contribution in [0.25, 0.3) is 22.3 Å². The zero-order chi connectivity index (χ0) is 22.8. The Bertz CT molecular complexity index is 1240. The Morgan fingerprint density at radius 2 is 1.88 bits per heavy atom. The van der Waals surface area contributed by atoms with Crippen molar-refractivity contribution in [2.75, 3.05) is 32.6 Å². The Labute approximate surface area is 193 Å². The molecule has 4 aromatic rings. The van der Waals surface area contributed by atoms with Crippen LogP contribution in [0.3, 0.4) is 0 Å². The van der Waals surface area contributed by atoms with E-state index in [0.29, 0.717) is 12.6 Å². The van der Waals surface area contributed by atoms with E-state index in [-0.39, 0.29) is 0 Å². The maximum Gasteiger partial charge on any atom is 0.158 e. The standard InChI is InChI=1S/C25H29N7O/c1-17-22-12-19(23-14-26-15-24(29-23)28-20-8-10-31(2)11-9-20)13-27-25(22)32(30-17)16-18-4-6-21(33-3)7-5-18/h4-7,12-15,20H,8-11,16H2,1-3H3,(H,28,29). The van der Waals surface area contributed by atoms with Gasteiger partial charge >= 0.3 is 0 Å². The SMILES string of the molecule is COc1ccc(Cn2nc(C)c3cc(-c4cncc(NC5CCN(C)CC5)n4)cnc32)cc1. The Kier molecular flexibility index (Phi) is 5.92. The first-order valence-corrected chi connectivity index (χ1v) is 11.3. The van der Waals surface area contributed by atoms with E-state index in [1.165, 1.54) is 0 Å². The van der Waals surface area contributed by atoms with Crippen LogP contribution in [0, 0.1) is 6.92 Å². The first-order chi connectivity index (χ1) is 16.1. The minimum absolute atomic E-state index is 0.435. The van der Waals surface area contributed by atoms with Gasteiger partial charge in [0, 0.05) is 23.2 Å². The Morgan fingerprint density at radius 3 is 2.64 bits per heavy atom. The molecule has 1 N–H and O–H groups in total. The molecule has 0 radical (unpaired) electrons. The fourth-order valence-electron chi connectivity index (χ4n) is 4.30. The van der Waals surface area contributed by atoms with E-state index < -0.39 is 0 Å². The molecule has 1 fully saturated rings. The normalized spacial score (nSPS) is 15.1. The maximum absolute atomic E-state index is 5.25. The number of aryl methyl sites for hydroxylation is 1. The number of nitrogens with one attached hydrogen (secondary N) is 1. The molecular weight excluding hydrogens is 414 g/mol. The molecule has 5 rings (SSSR count). The van der Waals surface area contributed by atoms with Gasteiger partial charge < -0.3 is 15.0 Å². The summed E-state index contributed by atoms with van der Waals surface area (Å²) in [7, 11) is 3.84. The Morgan fingerprint density at radius 1 is 1.09 bits per heavy atom. The van der Waals surface area contributed by atoms with Crippen LogP contribution in [0.5, 0.6) is 5.75 Å². The molecule has 3 aromatic heterocycles. The summed E-state index contributed by atoms with van der Waals surface area (Å²) in [4.78, 5) is 16.3. The van der Waals surface area contributed by atoms with E-state index in [1.807, 2.05) is 29.9 Å². The molecule has 1 aliphatic rings. The van der Waals surface area contributed by atoms with E-state index in [4.69, 9.17) is 19.8 Å². The minimum atomic E-state index is 0.435. The van der Waals surface area contributed by atoms with Crippen molar-refractivity contribution in [2.24, 2.45) is 0 Å². The monoisotopic (exact) mass is 443 g/mol. The number of likely N-dealkylation sites (tertiary alicyclic amines) is 1. The van der Waals surface area contributed by atoms with Gasteiger partial charge in [0.05, 0.1) is 37.4 Å². The van der Waals surface area contributed by atoms with Crippen molar-refractivity contribution in [2.45, 2.75) is 32.4 Å². The summed E-state index contributed by atoms with van der Waals surface area (Å²) in [6, 6.07) is 10.6. The Hall–Kier alpha value is -3.52. The predicted octanol–water partition coefficient (Wildman–Crippen LogP) is 3.76. The highest BCUT2D eigenvalue weighted by Gasteiger charge is 2.17. The number of hydrogen-bond acceptors (Lipinski definition) is 7. The van der Waals surface area contributed by atoms with E-state index in [1.54, 1.807) is 19.5 Å². The number of ether oxygens (including phenoxy) is 1. The quantitative estimate of drug-likeness (QED) is 0.486. The number of piperidine rings is 1. The van der Waals surface area contributed by atoms with E-state index in [0.717, 1.165) is 71.0 Å². The van der Waals surface area contributed by atoms with Crippen LogP contribution in [0.2, 0.25) is 0 Å². The first kappa shape index (κ1) is 21.3. The van der Waals surface area contributed by atoms with Crippen LogP contribution in [0.1, 0.15) is 24.1 Å². The van der Waals surface area contributed by atoms with Crippen molar-refractivity contribution in [3.8, 4) is 17.0 Å². The molecule has 4 heterocycles. The van der Waals surface area contributed by atoms with Crippen LogP contribution in [0.4, 0.5) is 5.82 Å². The molecule has 0 aliphatic carbocycles. The molecule has 170 valence electrons. The van der Waals surface area contributed by atoms with E-state index >= 15 is 0 Å². The van der Waals surface area contributed by atoms with Crippen molar-refractivity contribution >= 4 is 16.9 Å². The smallest absolute Gasteiger partial charge is 0.158 e. The summed E-state index contributed by atoms with van der Waals surface area (Å²) in [6.45, 7) is 4.87. The van der Waals surface area contributed by atoms with E-state index in [9.17, 15) is 0 Å². The third kappa shape index (κ3) is 4.66. The van der Waals surface area contributed by atoms with Crippen LogP contribution in [-0.4, -0.2) is 62.9 Å². The number of pyridine rings is 1. The third-order valence-corrected chi connectivity index (χ3v) is 6.26. The van der Waals surface area contributed by atoms with Crippen molar-refractivity contribution in [3.05, 3.63) is 60.2 Å². The summed E-state index contributed by atoms with van der Waals surface area (Å²) in [5, 5.41) is 9.31. The molecule has 0 amide bonds. The van der Waals surface area contributed by atoms with Gasteiger partial charge in [-0.05, 0) is 63.7 Å². The second kappa shape index (κ2) is 9.15. The number of benzene rings is 1. The molecule has 0 bridgehead atoms. The molecule has 1 aromatic carbocycles. The number of rotatable bonds is 6. The van der Waals surface area contributed by atoms with Gasteiger partial charge in [-0.15, -0.1) is 0 Å². The van der Waals surface area contributed by atoms with Gasteiger partial charge in [-0.2, -0.15) is 5.10 Å². The van der Waals surface area contributed by atoms with Gasteiger partial charge in [-0.25, -0.2) is 14.6 Å². The zero-order valence-electron chi connectivity index (χ0n) is 19.3. The molecule has 33 heavy (non-hydrogen) atoms. The molecule has 1 saturated heterocycles. The molecule has 0 saturated carbocycles. The lowest BCUT2D eigenvalue weighted by Gasteiger charge is -2.29. The van der Waals surface area contributed by atoms with Gasteiger partial charge in [-0.1, -0.05) is 12.1 Å². The van der Waals surface area contributed by atoms with Crippen LogP contribution in [0.15, 0.2) is 48.9 Å². The van der Waals surface area contributed by atoms with Gasteiger partial charge in [0.25, 0.3) is 0 Å². The van der Waals surface area contributed by atoms with Crippen molar-refractivity contribution in [1.82, 2.24) is 29.6 Å². The fraction of sp³-hybridized carbons (Fsp3) is 0.360. The lowest BCUT2D eigenvalue weighted by molar-refractivity contribution is 0.263. The Balaban J connectivity index is 1.38. The van der Waals surface area contributed by atoms with Crippen LogP contribution in [-0.2, 0) is 6.54 Å². The lowest BCUT2D eigenvalue weighted by Crippen LogP contribution is -2.36. The van der Waals surface area contributed by atoms with Gasteiger partial charge in [-0.3, -0.25) is 4.98 Å². The average molecular weight is 444 g/mol. The van der Waals surface area contributed by atoms with Crippen LogP contribution < -0.4 is 10.1 Å². The largest absolute Gasteiger partial charge is 0.497 e. The van der Waals surface area contributed by atoms with Crippen molar-refractivity contribution in [3.63, 3.8) is 0 Å². The summed E-state index contributed by atoms with van der Waals surface area (Å²) >= 11 is 0. The number of anilines is 1. The topological polar surface area (TPSA) is 81.0 Å². The number of hydrogen-bond donors (Lipinski definition) is 1. The molecule has 1 aliphatic heterocycles. The summed E-state index contributed by atoms with van der Waals surface area (Å²) in [5.74, 6) is 1.66. The van der Waals surface area contributed by atoms with Crippen molar-refractivity contribution < 1.29 is 4.74 Å². The first-order valence-electron chi connectivity index (χ1n) is 11.3. The summed E-state index contributed by atoms with van der Waals surface area (Å²) in [6.07, 6.45) is 7.67. The molecular formula is C25H29N7O. The zero-order valence-corrected chi connectivity index (χ0v) is 19.3. The number of nitrogens with zero attached hydrogens (tertiary/aromatic N) is 6. The highest BCUT2D eigenvalue weighted by atomic mass is 16.5. The van der Waals surface area contributed by atoms with Gasteiger partial charge in [0.2, 0.25) is 0 Å². The predicted molar refractivity (Wildman–Crippen MR) is 130 cm³/mol. The summed E-state index contributed by atoms with van der Waals surface area (Å²) in [5.41, 5.74) is 4.70. The van der Waals surface area contributed by atoms with Gasteiger partial charge in [0.15, 0.2) is 5.65 Å². The minimum Gasteiger partial charge on any atom is -0.497 e. The number of methoxy groups -OCH3 is 1. The summed E-state index contributed by atoms with van der Waals surface area (Å²) < 4.78 is 7.20.